The van der Waals surface area contributed by atoms with Crippen molar-refractivity contribution in [2.45, 2.75) is 19.3 Å². The molecule has 4 aromatic rings. The van der Waals surface area contributed by atoms with Gasteiger partial charge in [-0.25, -0.2) is 8.78 Å². The van der Waals surface area contributed by atoms with Gasteiger partial charge in [-0.15, -0.1) is 0 Å². The molecule has 0 fully saturated rings. The molecule has 160 valence electrons. The van der Waals surface area contributed by atoms with Gasteiger partial charge in [0.2, 0.25) is 0 Å². The summed E-state index contributed by atoms with van der Waals surface area (Å²) in [6.45, 7) is 0.677. The fourth-order valence-corrected chi connectivity index (χ4v) is 3.49. The van der Waals surface area contributed by atoms with Crippen LogP contribution in [0, 0.1) is 23.5 Å². The SMILES string of the molecule is COCCc1ccc(CCc2ccc(C#Cc3ccc4cc(F)ccc4c3)c(F)c2)nc1. The molecule has 0 saturated heterocycles. The van der Waals surface area contributed by atoms with E-state index in [1.807, 2.05) is 36.5 Å². The Hall–Kier alpha value is -3.55. The fourth-order valence-electron chi connectivity index (χ4n) is 3.49. The van der Waals surface area contributed by atoms with E-state index in [0.717, 1.165) is 46.0 Å². The maximum Gasteiger partial charge on any atom is 0.139 e. The number of rotatable bonds is 6. The zero-order valence-electron chi connectivity index (χ0n) is 17.9. The van der Waals surface area contributed by atoms with E-state index in [1.165, 1.54) is 12.1 Å². The van der Waals surface area contributed by atoms with Crippen LogP contribution in [0.15, 0.2) is 72.9 Å². The number of hydrogen-bond donors (Lipinski definition) is 0. The van der Waals surface area contributed by atoms with E-state index in [-0.39, 0.29) is 11.6 Å². The second-order valence-corrected chi connectivity index (χ2v) is 7.67. The number of halogens is 2. The van der Waals surface area contributed by atoms with Crippen molar-refractivity contribution in [1.82, 2.24) is 4.98 Å². The molecule has 0 aliphatic carbocycles. The van der Waals surface area contributed by atoms with Crippen molar-refractivity contribution in [2.24, 2.45) is 0 Å². The molecule has 0 saturated carbocycles. The first-order valence-electron chi connectivity index (χ1n) is 10.5. The summed E-state index contributed by atoms with van der Waals surface area (Å²) in [5.41, 5.74) is 4.14. The summed E-state index contributed by atoms with van der Waals surface area (Å²) in [6, 6.07) is 19.4. The highest BCUT2D eigenvalue weighted by atomic mass is 19.1. The van der Waals surface area contributed by atoms with Gasteiger partial charge in [0.1, 0.15) is 11.6 Å². The van der Waals surface area contributed by atoms with Crippen LogP contribution in [-0.4, -0.2) is 18.7 Å². The number of methoxy groups -OCH3 is 1. The first kappa shape index (κ1) is 21.7. The maximum absolute atomic E-state index is 14.6. The maximum atomic E-state index is 14.6. The summed E-state index contributed by atoms with van der Waals surface area (Å²) < 4.78 is 33.0. The first-order valence-corrected chi connectivity index (χ1v) is 10.5. The molecule has 0 atom stereocenters. The van der Waals surface area contributed by atoms with Gasteiger partial charge >= 0.3 is 0 Å². The van der Waals surface area contributed by atoms with Gasteiger partial charge in [-0.05, 0) is 83.6 Å². The lowest BCUT2D eigenvalue weighted by Crippen LogP contribution is -1.99. The monoisotopic (exact) mass is 427 g/mol. The Labute approximate surface area is 186 Å². The van der Waals surface area contributed by atoms with Crippen molar-refractivity contribution in [2.75, 3.05) is 13.7 Å². The van der Waals surface area contributed by atoms with Gasteiger partial charge in [0.25, 0.3) is 0 Å². The highest BCUT2D eigenvalue weighted by Gasteiger charge is 2.04. The first-order chi connectivity index (χ1) is 15.6. The summed E-state index contributed by atoms with van der Waals surface area (Å²) >= 11 is 0. The summed E-state index contributed by atoms with van der Waals surface area (Å²) in [7, 11) is 1.69. The van der Waals surface area contributed by atoms with Gasteiger partial charge in [0.15, 0.2) is 0 Å². The molecule has 2 nitrogen and oxygen atoms in total. The van der Waals surface area contributed by atoms with E-state index < -0.39 is 0 Å². The van der Waals surface area contributed by atoms with Crippen LogP contribution >= 0.6 is 0 Å². The molecule has 1 aromatic heterocycles. The number of aryl methyl sites for hydroxylation is 2. The Kier molecular flexibility index (Phi) is 6.89. The molecule has 0 N–H and O–H groups in total. The molecule has 0 bridgehead atoms. The molecular weight excluding hydrogens is 404 g/mol. The minimum Gasteiger partial charge on any atom is -0.384 e. The van der Waals surface area contributed by atoms with E-state index >= 15 is 0 Å². The zero-order chi connectivity index (χ0) is 22.3. The summed E-state index contributed by atoms with van der Waals surface area (Å²) in [5, 5.41) is 1.71. The average molecular weight is 427 g/mol. The lowest BCUT2D eigenvalue weighted by Gasteiger charge is -2.05. The average Bonchev–Trinajstić information content (AvgIpc) is 2.81. The fraction of sp³-hybridized carbons (Fsp3) is 0.179. The van der Waals surface area contributed by atoms with Crippen LogP contribution in [0.3, 0.4) is 0 Å². The zero-order valence-corrected chi connectivity index (χ0v) is 17.9. The third kappa shape index (κ3) is 5.57. The number of benzene rings is 3. The molecule has 32 heavy (non-hydrogen) atoms. The Balaban J connectivity index is 1.41. The van der Waals surface area contributed by atoms with Crippen LogP contribution in [0.1, 0.15) is 27.9 Å². The summed E-state index contributed by atoms with van der Waals surface area (Å²) in [6.07, 6.45) is 4.16. The van der Waals surface area contributed by atoms with E-state index in [9.17, 15) is 8.78 Å². The van der Waals surface area contributed by atoms with Crippen molar-refractivity contribution in [3.63, 3.8) is 0 Å². The molecule has 0 aliphatic heterocycles. The summed E-state index contributed by atoms with van der Waals surface area (Å²) in [4.78, 5) is 4.48. The normalized spacial score (nSPS) is 10.7. The van der Waals surface area contributed by atoms with Gasteiger partial charge < -0.3 is 4.74 Å². The van der Waals surface area contributed by atoms with Crippen LogP contribution in [0.4, 0.5) is 8.78 Å². The molecule has 0 unspecified atom stereocenters. The van der Waals surface area contributed by atoms with Crippen molar-refractivity contribution in [1.29, 1.82) is 0 Å². The number of ether oxygens (including phenoxy) is 1. The van der Waals surface area contributed by atoms with Crippen LogP contribution in [0.5, 0.6) is 0 Å². The van der Waals surface area contributed by atoms with Crippen LogP contribution < -0.4 is 0 Å². The number of pyridine rings is 1. The minimum absolute atomic E-state index is 0.270. The van der Waals surface area contributed by atoms with Crippen molar-refractivity contribution < 1.29 is 13.5 Å². The molecule has 0 radical (unpaired) electrons. The molecule has 4 heteroatoms. The Bertz CT molecular complexity index is 1290. The van der Waals surface area contributed by atoms with Gasteiger partial charge in [0, 0.05) is 24.6 Å². The van der Waals surface area contributed by atoms with Gasteiger partial charge in [-0.1, -0.05) is 36.1 Å². The second-order valence-electron chi connectivity index (χ2n) is 7.67. The highest BCUT2D eigenvalue weighted by Crippen LogP contribution is 2.17. The molecule has 1 heterocycles. The van der Waals surface area contributed by atoms with Crippen molar-refractivity contribution in [3.05, 3.63) is 113 Å². The quantitative estimate of drug-likeness (QED) is 0.358. The van der Waals surface area contributed by atoms with E-state index in [0.29, 0.717) is 18.6 Å². The summed E-state index contributed by atoms with van der Waals surface area (Å²) in [5.74, 6) is 5.31. The highest BCUT2D eigenvalue weighted by molar-refractivity contribution is 5.84. The van der Waals surface area contributed by atoms with Crippen LogP contribution in [0.25, 0.3) is 10.8 Å². The smallest absolute Gasteiger partial charge is 0.139 e. The van der Waals surface area contributed by atoms with Gasteiger partial charge in [0.05, 0.1) is 12.2 Å². The third-order valence-electron chi connectivity index (χ3n) is 5.33. The number of fused-ring (bicyclic) bond motifs is 1. The molecule has 4 rings (SSSR count). The van der Waals surface area contributed by atoms with Crippen LogP contribution in [-0.2, 0) is 24.0 Å². The number of hydrogen-bond acceptors (Lipinski definition) is 2. The van der Waals surface area contributed by atoms with Gasteiger partial charge in [-0.2, -0.15) is 0 Å². The lowest BCUT2D eigenvalue weighted by molar-refractivity contribution is 0.202. The topological polar surface area (TPSA) is 22.1 Å². The molecule has 0 amide bonds. The second kappa shape index (κ2) is 10.2. The van der Waals surface area contributed by atoms with Crippen molar-refractivity contribution >= 4 is 10.8 Å². The largest absolute Gasteiger partial charge is 0.384 e. The van der Waals surface area contributed by atoms with E-state index in [4.69, 9.17) is 4.74 Å². The lowest BCUT2D eigenvalue weighted by atomic mass is 10.0. The molecule has 3 aromatic carbocycles. The Morgan fingerprint density at radius 3 is 2.38 bits per heavy atom. The van der Waals surface area contributed by atoms with Crippen LogP contribution in [0.2, 0.25) is 0 Å². The number of aromatic nitrogens is 1. The standard InChI is InChI=1S/C28H23F2NO/c1-32-15-14-22-6-13-27(31-19-22)12-5-21-3-8-23(28(30)17-21)7-2-20-4-9-25-18-26(29)11-10-24(25)16-20/h3-4,6,8-11,13,16-19H,5,12,14-15H2,1H3. The minimum atomic E-state index is -0.333. The van der Waals surface area contributed by atoms with Crippen molar-refractivity contribution in [3.8, 4) is 11.8 Å². The Morgan fingerprint density at radius 1 is 0.781 bits per heavy atom. The molecule has 0 aliphatic rings. The predicted molar refractivity (Wildman–Crippen MR) is 124 cm³/mol. The van der Waals surface area contributed by atoms with Gasteiger partial charge in [-0.3, -0.25) is 4.98 Å². The van der Waals surface area contributed by atoms with E-state index in [1.54, 1.807) is 25.3 Å². The third-order valence-corrected chi connectivity index (χ3v) is 5.33. The number of nitrogens with zero attached hydrogens (tertiary/aromatic N) is 1. The molecular formula is C28H23F2NO. The predicted octanol–water partition coefficient (Wildman–Crippen LogP) is 5.89. The molecule has 0 spiro atoms. The Morgan fingerprint density at radius 2 is 1.59 bits per heavy atom. The van der Waals surface area contributed by atoms with E-state index in [2.05, 4.69) is 22.9 Å².